The molecule has 0 spiro atoms. The zero-order chi connectivity index (χ0) is 14.4. The summed E-state index contributed by atoms with van der Waals surface area (Å²) >= 11 is 0. The van der Waals surface area contributed by atoms with Gasteiger partial charge in [0.1, 0.15) is 6.04 Å². The summed E-state index contributed by atoms with van der Waals surface area (Å²) in [5, 5.41) is 12.7. The molecule has 0 aliphatic carbocycles. The van der Waals surface area contributed by atoms with Crippen molar-refractivity contribution >= 4 is 5.97 Å². The van der Waals surface area contributed by atoms with E-state index in [1.165, 1.54) is 0 Å². The van der Waals surface area contributed by atoms with Gasteiger partial charge in [0.25, 0.3) is 0 Å². The lowest BCUT2D eigenvalue weighted by Gasteiger charge is -2.25. The first-order chi connectivity index (χ1) is 8.90. The zero-order valence-corrected chi connectivity index (χ0v) is 12.9. The Morgan fingerprint density at radius 1 is 1.26 bits per heavy atom. The second-order valence-corrected chi connectivity index (χ2v) is 6.44. The fourth-order valence-electron chi connectivity index (χ4n) is 2.80. The van der Waals surface area contributed by atoms with Crippen LogP contribution in [0, 0.1) is 5.92 Å². The Balaban J connectivity index is 2.48. The second-order valence-electron chi connectivity index (χ2n) is 6.44. The van der Waals surface area contributed by atoms with Crippen LogP contribution in [0.2, 0.25) is 0 Å². The number of rotatable bonds is 6. The minimum absolute atomic E-state index is 0.351. The highest BCUT2D eigenvalue weighted by atomic mass is 16.4. The lowest BCUT2D eigenvalue weighted by molar-refractivity contribution is -0.140. The van der Waals surface area contributed by atoms with Crippen LogP contribution in [-0.4, -0.2) is 47.2 Å². The van der Waals surface area contributed by atoms with Crippen LogP contribution in [-0.2, 0) is 4.79 Å². The minimum Gasteiger partial charge on any atom is -0.480 e. The number of carbonyl (C=O) groups is 1. The lowest BCUT2D eigenvalue weighted by Crippen LogP contribution is -2.44. The highest BCUT2D eigenvalue weighted by Gasteiger charge is 2.24. The van der Waals surface area contributed by atoms with Crippen molar-refractivity contribution in [2.45, 2.75) is 71.5 Å². The van der Waals surface area contributed by atoms with Gasteiger partial charge in [-0.05, 0) is 58.5 Å². The topological polar surface area (TPSA) is 52.6 Å². The Hall–Kier alpha value is -0.610. The normalized spacial score (nSPS) is 23.6. The van der Waals surface area contributed by atoms with Gasteiger partial charge in [-0.25, -0.2) is 0 Å². The number of carboxylic acids is 1. The van der Waals surface area contributed by atoms with E-state index in [1.807, 2.05) is 0 Å². The SMILES string of the molecule is CC(C)CC(NC1CCCN(C(C)C)CC1)C(=O)O. The van der Waals surface area contributed by atoms with Gasteiger partial charge in [-0.2, -0.15) is 0 Å². The minimum atomic E-state index is -0.710. The number of hydrogen-bond acceptors (Lipinski definition) is 3. The molecule has 1 heterocycles. The number of hydrogen-bond donors (Lipinski definition) is 2. The molecule has 0 aromatic rings. The largest absolute Gasteiger partial charge is 0.480 e. The van der Waals surface area contributed by atoms with Gasteiger partial charge in [-0.15, -0.1) is 0 Å². The van der Waals surface area contributed by atoms with Crippen molar-refractivity contribution in [2.75, 3.05) is 13.1 Å². The molecule has 4 nitrogen and oxygen atoms in total. The van der Waals surface area contributed by atoms with Gasteiger partial charge in [0.2, 0.25) is 0 Å². The van der Waals surface area contributed by atoms with Crippen LogP contribution in [0.25, 0.3) is 0 Å². The van der Waals surface area contributed by atoms with E-state index < -0.39 is 12.0 Å². The number of aliphatic carboxylic acids is 1. The first kappa shape index (κ1) is 16.4. The Labute approximate surface area is 117 Å². The molecule has 0 aromatic carbocycles. The van der Waals surface area contributed by atoms with E-state index in [9.17, 15) is 9.90 Å². The molecule has 0 saturated carbocycles. The van der Waals surface area contributed by atoms with Crippen molar-refractivity contribution < 1.29 is 9.90 Å². The Morgan fingerprint density at radius 2 is 1.95 bits per heavy atom. The monoisotopic (exact) mass is 270 g/mol. The molecule has 2 atom stereocenters. The highest BCUT2D eigenvalue weighted by molar-refractivity contribution is 5.73. The van der Waals surface area contributed by atoms with Crippen molar-refractivity contribution in [3.63, 3.8) is 0 Å². The fourth-order valence-corrected chi connectivity index (χ4v) is 2.80. The van der Waals surface area contributed by atoms with E-state index in [1.54, 1.807) is 0 Å². The second kappa shape index (κ2) is 7.85. The predicted octanol–water partition coefficient (Wildman–Crippen LogP) is 2.34. The summed E-state index contributed by atoms with van der Waals surface area (Å²) in [5.41, 5.74) is 0. The summed E-state index contributed by atoms with van der Waals surface area (Å²) in [7, 11) is 0. The highest BCUT2D eigenvalue weighted by Crippen LogP contribution is 2.15. The maximum atomic E-state index is 11.3. The van der Waals surface area contributed by atoms with E-state index in [-0.39, 0.29) is 0 Å². The van der Waals surface area contributed by atoms with Crippen LogP contribution in [0.3, 0.4) is 0 Å². The molecule has 0 radical (unpaired) electrons. The number of nitrogens with one attached hydrogen (secondary N) is 1. The molecule has 2 N–H and O–H groups in total. The summed E-state index contributed by atoms with van der Waals surface area (Å²) in [6.45, 7) is 10.8. The van der Waals surface area contributed by atoms with Gasteiger partial charge < -0.3 is 15.3 Å². The van der Waals surface area contributed by atoms with Crippen molar-refractivity contribution in [1.29, 1.82) is 0 Å². The zero-order valence-electron chi connectivity index (χ0n) is 12.9. The fraction of sp³-hybridized carbons (Fsp3) is 0.933. The van der Waals surface area contributed by atoms with Crippen LogP contribution >= 0.6 is 0 Å². The molecule has 0 bridgehead atoms. The van der Waals surface area contributed by atoms with Gasteiger partial charge in [0, 0.05) is 12.1 Å². The maximum Gasteiger partial charge on any atom is 0.320 e. The Morgan fingerprint density at radius 3 is 2.47 bits per heavy atom. The molecular formula is C15H30N2O2. The molecule has 112 valence electrons. The first-order valence-corrected chi connectivity index (χ1v) is 7.63. The Bertz CT molecular complexity index is 279. The molecule has 1 rings (SSSR count). The van der Waals surface area contributed by atoms with Crippen molar-refractivity contribution in [2.24, 2.45) is 5.92 Å². The van der Waals surface area contributed by atoms with Crippen LogP contribution in [0.1, 0.15) is 53.4 Å². The lowest BCUT2D eigenvalue weighted by atomic mass is 10.0. The molecule has 0 amide bonds. The molecule has 1 fully saturated rings. The average Bonchev–Trinajstić information content (AvgIpc) is 2.53. The number of carboxylic acid groups (broad SMARTS) is 1. The van der Waals surface area contributed by atoms with Crippen LogP contribution in [0.5, 0.6) is 0 Å². The molecule has 1 aliphatic heterocycles. The molecule has 1 aliphatic rings. The molecule has 4 heteroatoms. The third-order valence-electron chi connectivity index (χ3n) is 3.94. The van der Waals surface area contributed by atoms with Gasteiger partial charge >= 0.3 is 5.97 Å². The molecule has 1 saturated heterocycles. The summed E-state index contributed by atoms with van der Waals surface area (Å²) in [5.74, 6) is -0.301. The quantitative estimate of drug-likeness (QED) is 0.778. The summed E-state index contributed by atoms with van der Waals surface area (Å²) in [4.78, 5) is 13.8. The van der Waals surface area contributed by atoms with Crippen LogP contribution in [0.15, 0.2) is 0 Å². The summed E-state index contributed by atoms with van der Waals surface area (Å²) in [6, 6.07) is 0.545. The van der Waals surface area contributed by atoms with E-state index in [4.69, 9.17) is 0 Å². The van der Waals surface area contributed by atoms with E-state index >= 15 is 0 Å². The van der Waals surface area contributed by atoms with E-state index in [0.29, 0.717) is 24.4 Å². The summed E-state index contributed by atoms with van der Waals surface area (Å²) in [6.07, 6.45) is 4.01. The average molecular weight is 270 g/mol. The Kier molecular flexibility index (Phi) is 6.80. The van der Waals surface area contributed by atoms with Crippen LogP contribution < -0.4 is 5.32 Å². The maximum absolute atomic E-state index is 11.3. The first-order valence-electron chi connectivity index (χ1n) is 7.63. The van der Waals surface area contributed by atoms with Crippen molar-refractivity contribution in [3.05, 3.63) is 0 Å². The molecule has 0 aromatic heterocycles. The van der Waals surface area contributed by atoms with Crippen molar-refractivity contribution in [3.8, 4) is 0 Å². The summed E-state index contributed by atoms with van der Waals surface area (Å²) < 4.78 is 0. The number of likely N-dealkylation sites (tertiary alicyclic amines) is 1. The van der Waals surface area contributed by atoms with Crippen LogP contribution in [0.4, 0.5) is 0 Å². The van der Waals surface area contributed by atoms with Gasteiger partial charge in [-0.1, -0.05) is 13.8 Å². The smallest absolute Gasteiger partial charge is 0.320 e. The third kappa shape index (κ3) is 5.91. The molecular weight excluding hydrogens is 240 g/mol. The third-order valence-corrected chi connectivity index (χ3v) is 3.94. The van der Waals surface area contributed by atoms with Gasteiger partial charge in [-0.3, -0.25) is 4.79 Å². The molecule has 19 heavy (non-hydrogen) atoms. The standard InChI is InChI=1S/C15H30N2O2/c1-11(2)10-14(15(18)19)16-13-6-5-8-17(9-7-13)12(3)4/h11-14,16H,5-10H2,1-4H3,(H,18,19). The van der Waals surface area contributed by atoms with E-state index in [0.717, 1.165) is 32.4 Å². The predicted molar refractivity (Wildman–Crippen MR) is 78.4 cm³/mol. The molecule has 2 unspecified atom stereocenters. The number of nitrogens with zero attached hydrogens (tertiary/aromatic N) is 1. The van der Waals surface area contributed by atoms with E-state index in [2.05, 4.69) is 37.9 Å². The van der Waals surface area contributed by atoms with Gasteiger partial charge in [0.05, 0.1) is 0 Å². The van der Waals surface area contributed by atoms with Crippen molar-refractivity contribution in [1.82, 2.24) is 10.2 Å². The van der Waals surface area contributed by atoms with Gasteiger partial charge in [0.15, 0.2) is 0 Å².